The van der Waals surface area contributed by atoms with Gasteiger partial charge in [0.2, 0.25) is 5.91 Å². The fraction of sp³-hybridized carbons (Fsp3) is 0.875. The summed E-state index contributed by atoms with van der Waals surface area (Å²) < 4.78 is 5.73. The second kappa shape index (κ2) is 12.4. The van der Waals surface area contributed by atoms with Crippen LogP contribution in [0, 0.1) is 5.92 Å². The van der Waals surface area contributed by atoms with Crippen molar-refractivity contribution < 1.29 is 14.3 Å². The first-order chi connectivity index (χ1) is 15.1. The number of aliphatic imine (C=N–C) groups is 1. The van der Waals surface area contributed by atoms with Crippen LogP contribution in [0.3, 0.4) is 0 Å². The Balaban J connectivity index is 0.00000385. The van der Waals surface area contributed by atoms with Gasteiger partial charge >= 0.3 is 6.09 Å². The fourth-order valence-electron chi connectivity index (χ4n) is 4.43. The third-order valence-electron chi connectivity index (χ3n) is 6.54. The molecule has 9 heteroatoms. The minimum atomic E-state index is -0.483. The molecule has 0 aromatic heterocycles. The molecule has 1 N–H and O–H groups in total. The van der Waals surface area contributed by atoms with Crippen LogP contribution in [0.4, 0.5) is 4.79 Å². The molecule has 0 bridgehead atoms. The zero-order chi connectivity index (χ0) is 23.3. The highest BCUT2D eigenvalue weighted by atomic mass is 127. The number of guanidine groups is 1. The molecule has 0 aromatic rings. The summed E-state index contributed by atoms with van der Waals surface area (Å²) >= 11 is 0. The lowest BCUT2D eigenvalue weighted by Crippen LogP contribution is -2.53. The fourth-order valence-corrected chi connectivity index (χ4v) is 4.43. The first kappa shape index (κ1) is 28.0. The van der Waals surface area contributed by atoms with Gasteiger partial charge in [0.15, 0.2) is 5.96 Å². The Morgan fingerprint density at radius 3 is 2.15 bits per heavy atom. The molecule has 1 heterocycles. The number of nitrogens with zero attached hydrogens (tertiary/aromatic N) is 4. The summed E-state index contributed by atoms with van der Waals surface area (Å²) in [5.41, 5.74) is -0.483. The van der Waals surface area contributed by atoms with Gasteiger partial charge in [-0.05, 0) is 65.2 Å². The largest absolute Gasteiger partial charge is 0.444 e. The van der Waals surface area contributed by atoms with E-state index < -0.39 is 5.60 Å². The van der Waals surface area contributed by atoms with Gasteiger partial charge < -0.3 is 24.8 Å². The SMILES string of the molecule is CN(C)C(=O)CN=C(NC1CCCC1)N1CCC(N(CC2CC2)C(=O)OC(C)(C)C)CC1.I. The van der Waals surface area contributed by atoms with E-state index in [1.54, 1.807) is 19.0 Å². The van der Waals surface area contributed by atoms with Crippen molar-refractivity contribution in [3.05, 3.63) is 0 Å². The van der Waals surface area contributed by atoms with E-state index >= 15 is 0 Å². The van der Waals surface area contributed by atoms with Crippen molar-refractivity contribution in [3.63, 3.8) is 0 Å². The second-order valence-corrected chi connectivity index (χ2v) is 10.8. The molecule has 2 amide bonds. The van der Waals surface area contributed by atoms with Crippen LogP contribution in [0.15, 0.2) is 4.99 Å². The molecule has 0 radical (unpaired) electrons. The Labute approximate surface area is 216 Å². The highest BCUT2D eigenvalue weighted by Crippen LogP contribution is 2.32. The van der Waals surface area contributed by atoms with Crippen molar-refractivity contribution in [1.82, 2.24) is 20.0 Å². The van der Waals surface area contributed by atoms with Crippen LogP contribution >= 0.6 is 24.0 Å². The predicted octanol–water partition coefficient (Wildman–Crippen LogP) is 3.69. The predicted molar refractivity (Wildman–Crippen MR) is 142 cm³/mol. The Hall–Kier alpha value is -1.26. The smallest absolute Gasteiger partial charge is 0.410 e. The Bertz CT molecular complexity index is 676. The van der Waals surface area contributed by atoms with Crippen molar-refractivity contribution in [3.8, 4) is 0 Å². The summed E-state index contributed by atoms with van der Waals surface area (Å²) in [4.78, 5) is 35.6. The number of rotatable bonds is 6. The monoisotopic (exact) mass is 577 g/mol. The molecule has 3 aliphatic rings. The Kier molecular flexibility index (Phi) is 10.6. The van der Waals surface area contributed by atoms with Gasteiger partial charge in [0.1, 0.15) is 12.1 Å². The Morgan fingerprint density at radius 2 is 1.64 bits per heavy atom. The number of amides is 2. The Morgan fingerprint density at radius 1 is 1.03 bits per heavy atom. The van der Waals surface area contributed by atoms with Crippen LogP contribution in [0.1, 0.15) is 72.1 Å². The van der Waals surface area contributed by atoms with Crippen molar-refractivity contribution >= 4 is 41.9 Å². The van der Waals surface area contributed by atoms with Gasteiger partial charge in [0.25, 0.3) is 0 Å². The summed E-state index contributed by atoms with van der Waals surface area (Å²) in [5, 5.41) is 3.62. The lowest BCUT2D eigenvalue weighted by atomic mass is 10.0. The third kappa shape index (κ3) is 9.13. The normalized spacial score (nSPS) is 20.3. The van der Waals surface area contributed by atoms with Crippen molar-refractivity contribution in [2.45, 2.75) is 89.8 Å². The van der Waals surface area contributed by atoms with Gasteiger partial charge in [-0.15, -0.1) is 24.0 Å². The number of ether oxygens (including phenoxy) is 1. The summed E-state index contributed by atoms with van der Waals surface area (Å²) in [6.45, 7) is 8.39. The van der Waals surface area contributed by atoms with Crippen LogP contribution in [0.2, 0.25) is 0 Å². The minimum absolute atomic E-state index is 0. The van der Waals surface area contributed by atoms with E-state index in [-0.39, 0.29) is 48.6 Å². The molecule has 8 nitrogen and oxygen atoms in total. The lowest BCUT2D eigenvalue weighted by molar-refractivity contribution is -0.127. The van der Waals surface area contributed by atoms with Crippen molar-refractivity contribution in [1.29, 1.82) is 0 Å². The van der Waals surface area contributed by atoms with Crippen LogP contribution in [-0.4, -0.2) is 90.6 Å². The molecule has 0 aromatic carbocycles. The van der Waals surface area contributed by atoms with E-state index in [2.05, 4.69) is 15.2 Å². The van der Waals surface area contributed by atoms with E-state index in [1.165, 1.54) is 25.7 Å². The number of likely N-dealkylation sites (N-methyl/N-ethyl adjacent to an activating group) is 1. The number of carbonyl (C=O) groups is 2. The van der Waals surface area contributed by atoms with Crippen LogP contribution in [0.5, 0.6) is 0 Å². The number of piperidine rings is 1. The second-order valence-electron chi connectivity index (χ2n) is 10.8. The number of nitrogens with one attached hydrogen (secondary N) is 1. The molecule has 3 rings (SSSR count). The molecule has 1 aliphatic heterocycles. The van der Waals surface area contributed by atoms with Crippen LogP contribution in [0.25, 0.3) is 0 Å². The molecule has 3 fully saturated rings. The lowest BCUT2D eigenvalue weighted by Gasteiger charge is -2.40. The number of carbonyl (C=O) groups excluding carboxylic acids is 2. The molecule has 1 saturated heterocycles. The van der Waals surface area contributed by atoms with Gasteiger partial charge in [-0.3, -0.25) is 4.79 Å². The van der Waals surface area contributed by atoms with E-state index in [4.69, 9.17) is 4.74 Å². The maximum Gasteiger partial charge on any atom is 0.410 e. The minimum Gasteiger partial charge on any atom is -0.444 e. The number of hydrogen-bond donors (Lipinski definition) is 1. The standard InChI is InChI=1S/C24H43N5O3.HI/c1-24(2,3)32-23(31)29(17-18-10-11-18)20-12-14-28(15-13-20)22(25-16-21(30)27(4)5)26-19-8-6-7-9-19;/h18-20H,6-17H2,1-5H3,(H,25,26);1H. The first-order valence-electron chi connectivity index (χ1n) is 12.4. The summed E-state index contributed by atoms with van der Waals surface area (Å²) in [6, 6.07) is 0.631. The molecular formula is C24H44IN5O3. The zero-order valence-electron chi connectivity index (χ0n) is 21.1. The maximum absolute atomic E-state index is 12.9. The van der Waals surface area contributed by atoms with E-state index in [0.717, 1.165) is 51.3 Å². The molecule has 0 spiro atoms. The third-order valence-corrected chi connectivity index (χ3v) is 6.54. The van der Waals surface area contributed by atoms with Crippen molar-refractivity contribution in [2.24, 2.45) is 10.9 Å². The maximum atomic E-state index is 12.9. The van der Waals surface area contributed by atoms with Gasteiger partial charge in [0, 0.05) is 45.8 Å². The quantitative estimate of drug-likeness (QED) is 0.296. The molecule has 0 unspecified atom stereocenters. The molecule has 2 aliphatic carbocycles. The summed E-state index contributed by atoms with van der Waals surface area (Å²) in [5.74, 6) is 1.47. The van der Waals surface area contributed by atoms with Crippen molar-refractivity contribution in [2.75, 3.05) is 40.3 Å². The zero-order valence-corrected chi connectivity index (χ0v) is 23.5. The van der Waals surface area contributed by atoms with Gasteiger partial charge in [-0.25, -0.2) is 9.79 Å². The van der Waals surface area contributed by atoms with Gasteiger partial charge in [-0.2, -0.15) is 0 Å². The average Bonchev–Trinajstić information content (AvgIpc) is 3.40. The van der Waals surface area contributed by atoms with Crippen LogP contribution < -0.4 is 5.32 Å². The average molecular weight is 578 g/mol. The van der Waals surface area contributed by atoms with E-state index in [0.29, 0.717) is 12.0 Å². The number of likely N-dealkylation sites (tertiary alicyclic amines) is 1. The first-order valence-corrected chi connectivity index (χ1v) is 12.4. The van der Waals surface area contributed by atoms with Gasteiger partial charge in [0.05, 0.1) is 0 Å². The van der Waals surface area contributed by atoms with E-state index in [1.807, 2.05) is 25.7 Å². The molecule has 0 atom stereocenters. The molecular weight excluding hydrogens is 533 g/mol. The van der Waals surface area contributed by atoms with Crippen LogP contribution in [-0.2, 0) is 9.53 Å². The molecule has 33 heavy (non-hydrogen) atoms. The highest BCUT2D eigenvalue weighted by molar-refractivity contribution is 14.0. The molecule has 190 valence electrons. The number of halogens is 1. The topological polar surface area (TPSA) is 77.5 Å². The molecule has 2 saturated carbocycles. The van der Waals surface area contributed by atoms with Gasteiger partial charge in [-0.1, -0.05) is 12.8 Å². The van der Waals surface area contributed by atoms with E-state index in [9.17, 15) is 9.59 Å². The summed E-state index contributed by atoms with van der Waals surface area (Å²) in [6.07, 6.45) is 8.82. The number of hydrogen-bond acceptors (Lipinski definition) is 4. The highest BCUT2D eigenvalue weighted by Gasteiger charge is 2.36. The summed E-state index contributed by atoms with van der Waals surface area (Å²) in [7, 11) is 3.52.